The van der Waals surface area contributed by atoms with Gasteiger partial charge >= 0.3 is 0 Å². The molecule has 2 rings (SSSR count). The molecule has 0 atom stereocenters. The number of rotatable bonds is 3. The van der Waals surface area contributed by atoms with Gasteiger partial charge in [0.2, 0.25) is 5.91 Å². The zero-order chi connectivity index (χ0) is 11.4. The number of hydrogen-bond acceptors (Lipinski definition) is 5. The van der Waals surface area contributed by atoms with E-state index in [9.17, 15) is 4.79 Å². The number of nitrogens with two attached hydrogens (primary N) is 1. The van der Waals surface area contributed by atoms with Gasteiger partial charge in [0, 0.05) is 5.69 Å². The van der Waals surface area contributed by atoms with Crippen molar-refractivity contribution in [1.82, 2.24) is 20.2 Å². The minimum atomic E-state index is -0.227. The first-order valence-electron chi connectivity index (χ1n) is 4.63. The monoisotopic (exact) mass is 218 g/mol. The van der Waals surface area contributed by atoms with Gasteiger partial charge in [0.1, 0.15) is 6.33 Å². The van der Waals surface area contributed by atoms with E-state index in [1.165, 1.54) is 11.0 Å². The molecule has 0 bridgehead atoms. The molecule has 7 nitrogen and oxygen atoms in total. The molecule has 0 unspecified atom stereocenters. The van der Waals surface area contributed by atoms with Crippen LogP contribution in [0.2, 0.25) is 0 Å². The SMILES string of the molecule is NCC(=O)Nc1ccc(-n2cnnn2)cc1. The molecular formula is C9H10N6O. The highest BCUT2D eigenvalue weighted by atomic mass is 16.1. The predicted molar refractivity (Wildman–Crippen MR) is 56.8 cm³/mol. The fourth-order valence-corrected chi connectivity index (χ4v) is 1.19. The Bertz CT molecular complexity index is 463. The van der Waals surface area contributed by atoms with Crippen LogP contribution in [0.4, 0.5) is 5.69 Å². The molecule has 0 aliphatic carbocycles. The molecule has 0 fully saturated rings. The van der Waals surface area contributed by atoms with Crippen LogP contribution >= 0.6 is 0 Å². The Morgan fingerprint density at radius 3 is 2.69 bits per heavy atom. The summed E-state index contributed by atoms with van der Waals surface area (Å²) in [5.41, 5.74) is 6.69. The van der Waals surface area contributed by atoms with E-state index < -0.39 is 0 Å². The van der Waals surface area contributed by atoms with E-state index in [1.807, 2.05) is 0 Å². The van der Waals surface area contributed by atoms with E-state index >= 15 is 0 Å². The Balaban J connectivity index is 2.14. The summed E-state index contributed by atoms with van der Waals surface area (Å²) in [4.78, 5) is 11.0. The van der Waals surface area contributed by atoms with Crippen molar-refractivity contribution in [3.8, 4) is 5.69 Å². The Labute approximate surface area is 91.3 Å². The van der Waals surface area contributed by atoms with Crippen molar-refractivity contribution in [2.24, 2.45) is 5.73 Å². The van der Waals surface area contributed by atoms with Crippen LogP contribution in [-0.2, 0) is 4.79 Å². The second-order valence-corrected chi connectivity index (χ2v) is 3.05. The molecular weight excluding hydrogens is 208 g/mol. The van der Waals surface area contributed by atoms with Gasteiger partial charge in [-0.3, -0.25) is 4.79 Å². The zero-order valence-corrected chi connectivity index (χ0v) is 8.37. The summed E-state index contributed by atoms with van der Waals surface area (Å²) in [5.74, 6) is -0.227. The summed E-state index contributed by atoms with van der Waals surface area (Å²) in [6, 6.07) is 7.10. The van der Waals surface area contributed by atoms with Crippen LogP contribution in [0.5, 0.6) is 0 Å². The maximum atomic E-state index is 11.0. The van der Waals surface area contributed by atoms with Crippen LogP contribution in [0.3, 0.4) is 0 Å². The van der Waals surface area contributed by atoms with Crippen molar-refractivity contribution >= 4 is 11.6 Å². The van der Waals surface area contributed by atoms with Crippen molar-refractivity contribution in [3.63, 3.8) is 0 Å². The normalized spacial score (nSPS) is 10.1. The maximum Gasteiger partial charge on any atom is 0.238 e. The summed E-state index contributed by atoms with van der Waals surface area (Å²) < 4.78 is 1.52. The minimum Gasteiger partial charge on any atom is -0.325 e. The smallest absolute Gasteiger partial charge is 0.238 e. The molecule has 3 N–H and O–H groups in total. The molecule has 7 heteroatoms. The van der Waals surface area contributed by atoms with Crippen LogP contribution in [0.1, 0.15) is 0 Å². The number of benzene rings is 1. The molecule has 82 valence electrons. The third-order valence-corrected chi connectivity index (χ3v) is 1.95. The Hall–Kier alpha value is -2.28. The van der Waals surface area contributed by atoms with Crippen LogP contribution < -0.4 is 11.1 Å². The molecule has 0 saturated carbocycles. The fourth-order valence-electron chi connectivity index (χ4n) is 1.19. The van der Waals surface area contributed by atoms with Gasteiger partial charge in [0.15, 0.2) is 0 Å². The number of hydrogen-bond donors (Lipinski definition) is 2. The summed E-state index contributed by atoms with van der Waals surface area (Å²) >= 11 is 0. The Morgan fingerprint density at radius 1 is 1.38 bits per heavy atom. The van der Waals surface area contributed by atoms with Gasteiger partial charge in [-0.1, -0.05) is 0 Å². The molecule has 0 aliphatic heterocycles. The van der Waals surface area contributed by atoms with E-state index in [0.29, 0.717) is 5.69 Å². The second kappa shape index (κ2) is 4.49. The summed E-state index contributed by atoms with van der Waals surface area (Å²) in [6.07, 6.45) is 1.49. The summed E-state index contributed by atoms with van der Waals surface area (Å²) in [5, 5.41) is 13.4. The van der Waals surface area contributed by atoms with Crippen LogP contribution in [-0.4, -0.2) is 32.7 Å². The number of carbonyl (C=O) groups is 1. The lowest BCUT2D eigenvalue weighted by atomic mass is 10.3. The number of tetrazole rings is 1. The summed E-state index contributed by atoms with van der Waals surface area (Å²) in [6.45, 7) is -0.0330. The lowest BCUT2D eigenvalue weighted by Gasteiger charge is -2.04. The number of nitrogens with one attached hydrogen (secondary N) is 1. The van der Waals surface area contributed by atoms with Crippen molar-refractivity contribution in [2.75, 3.05) is 11.9 Å². The zero-order valence-electron chi connectivity index (χ0n) is 8.37. The van der Waals surface area contributed by atoms with Crippen LogP contribution in [0.15, 0.2) is 30.6 Å². The number of aromatic nitrogens is 4. The van der Waals surface area contributed by atoms with Gasteiger partial charge in [0.05, 0.1) is 12.2 Å². The van der Waals surface area contributed by atoms with Gasteiger partial charge in [-0.2, -0.15) is 0 Å². The number of anilines is 1. The van der Waals surface area contributed by atoms with E-state index in [4.69, 9.17) is 5.73 Å². The molecule has 1 amide bonds. The van der Waals surface area contributed by atoms with Crippen LogP contribution in [0.25, 0.3) is 5.69 Å². The van der Waals surface area contributed by atoms with Crippen molar-refractivity contribution in [3.05, 3.63) is 30.6 Å². The molecule has 0 saturated heterocycles. The van der Waals surface area contributed by atoms with Gasteiger partial charge in [-0.05, 0) is 34.7 Å². The quantitative estimate of drug-likeness (QED) is 0.727. The van der Waals surface area contributed by atoms with Gasteiger partial charge < -0.3 is 11.1 Å². The average molecular weight is 218 g/mol. The molecule has 0 radical (unpaired) electrons. The first kappa shape index (κ1) is 10.2. The molecule has 0 spiro atoms. The van der Waals surface area contributed by atoms with Crippen molar-refractivity contribution in [1.29, 1.82) is 0 Å². The number of nitrogens with zero attached hydrogens (tertiary/aromatic N) is 4. The lowest BCUT2D eigenvalue weighted by Crippen LogP contribution is -2.21. The van der Waals surface area contributed by atoms with Crippen molar-refractivity contribution in [2.45, 2.75) is 0 Å². The lowest BCUT2D eigenvalue weighted by molar-refractivity contribution is -0.114. The molecule has 0 aliphatic rings. The third-order valence-electron chi connectivity index (χ3n) is 1.95. The first-order valence-corrected chi connectivity index (χ1v) is 4.63. The largest absolute Gasteiger partial charge is 0.325 e. The predicted octanol–water partition coefficient (Wildman–Crippen LogP) is -0.441. The maximum absolute atomic E-state index is 11.0. The van der Waals surface area contributed by atoms with Crippen molar-refractivity contribution < 1.29 is 4.79 Å². The van der Waals surface area contributed by atoms with Gasteiger partial charge in [-0.25, -0.2) is 4.68 Å². The summed E-state index contributed by atoms with van der Waals surface area (Å²) in [7, 11) is 0. The number of amides is 1. The molecule has 1 heterocycles. The van der Waals surface area contributed by atoms with E-state index in [1.54, 1.807) is 24.3 Å². The van der Waals surface area contributed by atoms with E-state index in [-0.39, 0.29) is 12.5 Å². The molecule has 1 aromatic carbocycles. The highest BCUT2D eigenvalue weighted by Crippen LogP contribution is 2.11. The molecule has 16 heavy (non-hydrogen) atoms. The fraction of sp³-hybridized carbons (Fsp3) is 0.111. The van der Waals surface area contributed by atoms with Gasteiger partial charge in [-0.15, -0.1) is 5.10 Å². The number of carbonyl (C=O) groups excluding carboxylic acids is 1. The Kier molecular flexibility index (Phi) is 2.88. The van der Waals surface area contributed by atoms with Crippen LogP contribution in [0, 0.1) is 0 Å². The van der Waals surface area contributed by atoms with E-state index in [0.717, 1.165) is 5.69 Å². The standard InChI is InChI=1S/C9H10N6O/c10-5-9(16)12-7-1-3-8(4-2-7)15-6-11-13-14-15/h1-4,6H,5,10H2,(H,12,16). The van der Waals surface area contributed by atoms with E-state index in [2.05, 4.69) is 20.8 Å². The first-order chi connectivity index (χ1) is 7.79. The third kappa shape index (κ3) is 2.20. The van der Waals surface area contributed by atoms with Gasteiger partial charge in [0.25, 0.3) is 0 Å². The molecule has 1 aromatic heterocycles. The Morgan fingerprint density at radius 2 is 2.12 bits per heavy atom. The second-order valence-electron chi connectivity index (χ2n) is 3.05. The highest BCUT2D eigenvalue weighted by Gasteiger charge is 2.00. The average Bonchev–Trinajstić information content (AvgIpc) is 2.83. The minimum absolute atomic E-state index is 0.0330. The topological polar surface area (TPSA) is 98.7 Å². The molecule has 2 aromatic rings. The highest BCUT2D eigenvalue weighted by molar-refractivity contribution is 5.92.